The predicted molar refractivity (Wildman–Crippen MR) is 172 cm³/mol. The van der Waals surface area contributed by atoms with Crippen LogP contribution in [0, 0.1) is 10.1 Å². The Labute approximate surface area is 259 Å². The van der Waals surface area contributed by atoms with Crippen molar-refractivity contribution < 1.29 is 19.2 Å². The zero-order valence-electron chi connectivity index (χ0n) is 24.1. The quantitative estimate of drug-likeness (QED) is 0.139. The van der Waals surface area contributed by atoms with E-state index in [2.05, 4.69) is 5.32 Å². The number of pyridine rings is 1. The molecule has 1 aromatic heterocycles. The number of halogens is 1. The summed E-state index contributed by atoms with van der Waals surface area (Å²) in [6.45, 7) is 0. The van der Waals surface area contributed by atoms with Crippen molar-refractivity contribution >= 4 is 39.8 Å². The summed E-state index contributed by atoms with van der Waals surface area (Å²) in [5.41, 5.74) is 3.47. The van der Waals surface area contributed by atoms with E-state index in [1.165, 1.54) is 18.6 Å². The van der Waals surface area contributed by atoms with Crippen LogP contribution in [0.5, 0.6) is 17.2 Å². The molecule has 1 N–H and O–H groups in total. The molecule has 1 aliphatic carbocycles. The molecule has 1 saturated carbocycles. The summed E-state index contributed by atoms with van der Waals surface area (Å²) < 4.78 is 11.5. The molecule has 0 unspecified atom stereocenters. The smallest absolute Gasteiger partial charge is 0.275 e. The van der Waals surface area contributed by atoms with Crippen molar-refractivity contribution in [2.75, 3.05) is 12.4 Å². The molecule has 9 heteroatoms. The van der Waals surface area contributed by atoms with E-state index < -0.39 is 10.8 Å². The minimum atomic E-state index is -0.504. The van der Waals surface area contributed by atoms with Gasteiger partial charge in [-0.25, -0.2) is 4.98 Å². The zero-order chi connectivity index (χ0) is 30.6. The monoisotopic (exact) mass is 607 g/mol. The van der Waals surface area contributed by atoms with E-state index in [1.54, 1.807) is 31.4 Å². The topological polar surface area (TPSA) is 104 Å². The van der Waals surface area contributed by atoms with Crippen molar-refractivity contribution in [3.05, 3.63) is 117 Å². The second-order valence-corrected chi connectivity index (χ2v) is 11.3. The summed E-state index contributed by atoms with van der Waals surface area (Å²) in [5, 5.41) is 16.0. The lowest BCUT2D eigenvalue weighted by Gasteiger charge is -2.24. The number of hydrogen-bond donors (Lipinski definition) is 1. The van der Waals surface area contributed by atoms with E-state index in [0.29, 0.717) is 44.6 Å². The lowest BCUT2D eigenvalue weighted by molar-refractivity contribution is -0.384. The normalized spacial score (nSPS) is 13.4. The van der Waals surface area contributed by atoms with Crippen LogP contribution in [-0.4, -0.2) is 22.9 Å². The second kappa shape index (κ2) is 12.7. The van der Waals surface area contributed by atoms with Gasteiger partial charge < -0.3 is 14.8 Å². The summed E-state index contributed by atoms with van der Waals surface area (Å²) >= 11 is 6.35. The van der Waals surface area contributed by atoms with E-state index in [-0.39, 0.29) is 17.1 Å². The highest BCUT2D eigenvalue weighted by Gasteiger charge is 2.22. The molecular formula is C35H30ClN3O5. The number of aromatic nitrogens is 1. The predicted octanol–water partition coefficient (Wildman–Crippen LogP) is 9.56. The van der Waals surface area contributed by atoms with E-state index in [4.69, 9.17) is 26.1 Å². The highest BCUT2D eigenvalue weighted by Crippen LogP contribution is 2.41. The minimum absolute atomic E-state index is 0.204. The van der Waals surface area contributed by atoms with Gasteiger partial charge in [-0.15, -0.1) is 0 Å². The maximum absolute atomic E-state index is 13.8. The number of nitro benzene ring substituents is 1. The lowest BCUT2D eigenvalue weighted by atomic mass is 9.84. The number of carbonyl (C=O) groups excluding carboxylic acids is 1. The maximum atomic E-state index is 13.8. The Morgan fingerprint density at radius 3 is 2.45 bits per heavy atom. The summed E-state index contributed by atoms with van der Waals surface area (Å²) in [6, 6.07) is 26.2. The van der Waals surface area contributed by atoms with E-state index in [9.17, 15) is 14.9 Å². The first-order valence-electron chi connectivity index (χ1n) is 14.5. The van der Waals surface area contributed by atoms with Gasteiger partial charge >= 0.3 is 0 Å². The Balaban J connectivity index is 1.34. The van der Waals surface area contributed by atoms with Crippen LogP contribution in [-0.2, 0) is 0 Å². The number of nitro groups is 1. The van der Waals surface area contributed by atoms with Crippen LogP contribution in [0.4, 0.5) is 11.4 Å². The second-order valence-electron chi connectivity index (χ2n) is 10.8. The fraction of sp³-hybridized carbons (Fsp3) is 0.200. The Kier molecular flexibility index (Phi) is 8.43. The molecule has 8 nitrogen and oxygen atoms in total. The van der Waals surface area contributed by atoms with Crippen LogP contribution < -0.4 is 14.8 Å². The SMILES string of the molecule is COc1ccc(-c2cc(C(=O)Nc3cc(Oc4ccc(Cl)cc4C4CCCCC4)cc([N+](=O)[O-])c3)c3ccccc3n2)cc1. The van der Waals surface area contributed by atoms with Gasteiger partial charge in [0.25, 0.3) is 11.6 Å². The summed E-state index contributed by atoms with van der Waals surface area (Å²) in [4.78, 5) is 29.9. The van der Waals surface area contributed by atoms with Crippen molar-refractivity contribution in [3.63, 3.8) is 0 Å². The average Bonchev–Trinajstić information content (AvgIpc) is 3.05. The van der Waals surface area contributed by atoms with Crippen LogP contribution in [0.15, 0.2) is 91.0 Å². The van der Waals surface area contributed by atoms with Gasteiger partial charge in [-0.05, 0) is 78.9 Å². The first-order valence-corrected chi connectivity index (χ1v) is 14.9. The van der Waals surface area contributed by atoms with Gasteiger partial charge in [0.1, 0.15) is 17.2 Å². The largest absolute Gasteiger partial charge is 0.497 e. The van der Waals surface area contributed by atoms with Gasteiger partial charge in [-0.2, -0.15) is 0 Å². The van der Waals surface area contributed by atoms with Gasteiger partial charge in [0, 0.05) is 28.1 Å². The Hall–Kier alpha value is -4.95. The van der Waals surface area contributed by atoms with Gasteiger partial charge in [0.05, 0.1) is 40.6 Å². The van der Waals surface area contributed by atoms with Crippen molar-refractivity contribution in [1.29, 1.82) is 0 Å². The molecule has 0 bridgehead atoms. The molecule has 1 aliphatic rings. The third-order valence-electron chi connectivity index (χ3n) is 7.95. The zero-order valence-corrected chi connectivity index (χ0v) is 24.8. The molecule has 0 saturated heterocycles. The minimum Gasteiger partial charge on any atom is -0.497 e. The number of amides is 1. The number of nitrogens with one attached hydrogen (secondary N) is 1. The average molecular weight is 608 g/mol. The highest BCUT2D eigenvalue weighted by atomic mass is 35.5. The molecule has 0 spiro atoms. The number of methoxy groups -OCH3 is 1. The Morgan fingerprint density at radius 1 is 0.932 bits per heavy atom. The van der Waals surface area contributed by atoms with Crippen molar-refractivity contribution in [1.82, 2.24) is 4.98 Å². The van der Waals surface area contributed by atoms with Gasteiger partial charge in [0.2, 0.25) is 0 Å². The van der Waals surface area contributed by atoms with E-state index >= 15 is 0 Å². The molecule has 1 amide bonds. The Bertz CT molecular complexity index is 1850. The van der Waals surface area contributed by atoms with Crippen LogP contribution in [0.3, 0.4) is 0 Å². The van der Waals surface area contributed by atoms with Crippen LogP contribution in [0.1, 0.15) is 53.9 Å². The molecule has 6 rings (SSSR count). The number of nitrogens with zero attached hydrogens (tertiary/aromatic N) is 2. The third-order valence-corrected chi connectivity index (χ3v) is 8.19. The first-order chi connectivity index (χ1) is 21.4. The number of carbonyl (C=O) groups is 1. The highest BCUT2D eigenvalue weighted by molar-refractivity contribution is 6.30. The molecule has 0 atom stereocenters. The number of non-ortho nitro benzene ring substituents is 1. The van der Waals surface area contributed by atoms with Crippen LogP contribution in [0.2, 0.25) is 5.02 Å². The van der Waals surface area contributed by atoms with Crippen molar-refractivity contribution in [2.45, 2.75) is 38.0 Å². The number of hydrogen-bond acceptors (Lipinski definition) is 6. The number of rotatable bonds is 8. The van der Waals surface area contributed by atoms with Crippen LogP contribution >= 0.6 is 11.6 Å². The first kappa shape index (κ1) is 29.1. The van der Waals surface area contributed by atoms with E-state index in [1.807, 2.05) is 54.6 Å². The standard InChI is InChI=1S/C35H30ClN3O5/c1-43-27-14-11-23(12-15-27)33-21-31(29-9-5-6-10-32(29)38-33)35(40)37-25-18-26(39(41)42)20-28(19-25)44-34-16-13-24(36)17-30(34)22-7-3-2-4-8-22/h5-6,9-22H,2-4,7-8H2,1H3,(H,37,40). The number of fused-ring (bicyclic) bond motifs is 1. The number of para-hydroxylation sites is 1. The molecule has 44 heavy (non-hydrogen) atoms. The lowest BCUT2D eigenvalue weighted by Crippen LogP contribution is -2.13. The van der Waals surface area contributed by atoms with Crippen LogP contribution in [0.25, 0.3) is 22.2 Å². The number of ether oxygens (including phenoxy) is 2. The molecule has 222 valence electrons. The fourth-order valence-corrected chi connectivity index (χ4v) is 5.94. The summed E-state index contributed by atoms with van der Waals surface area (Å²) in [6.07, 6.45) is 5.53. The third kappa shape index (κ3) is 6.35. The molecule has 1 fully saturated rings. The van der Waals surface area contributed by atoms with E-state index in [0.717, 1.165) is 36.8 Å². The molecule has 0 aliphatic heterocycles. The van der Waals surface area contributed by atoms with Gasteiger partial charge in [-0.3, -0.25) is 14.9 Å². The maximum Gasteiger partial charge on any atom is 0.275 e. The summed E-state index contributed by atoms with van der Waals surface area (Å²) in [7, 11) is 1.60. The van der Waals surface area contributed by atoms with Crippen molar-refractivity contribution in [3.8, 4) is 28.5 Å². The fourth-order valence-electron chi connectivity index (χ4n) is 5.76. The number of benzene rings is 4. The molecule has 0 radical (unpaired) electrons. The van der Waals surface area contributed by atoms with Gasteiger partial charge in [0.15, 0.2) is 0 Å². The molecule has 4 aromatic carbocycles. The number of anilines is 1. The Morgan fingerprint density at radius 2 is 1.70 bits per heavy atom. The molecule has 1 heterocycles. The summed E-state index contributed by atoms with van der Waals surface area (Å²) in [5.74, 6) is 1.42. The van der Waals surface area contributed by atoms with Crippen molar-refractivity contribution in [2.24, 2.45) is 0 Å². The molecule has 5 aromatic rings. The van der Waals surface area contributed by atoms with Gasteiger partial charge in [-0.1, -0.05) is 49.1 Å². The molecular weight excluding hydrogens is 578 g/mol.